The van der Waals surface area contributed by atoms with Crippen LogP contribution in [0, 0.1) is 0 Å². The summed E-state index contributed by atoms with van der Waals surface area (Å²) in [5.41, 5.74) is 6.08. The van der Waals surface area contributed by atoms with Crippen LogP contribution in [0.2, 0.25) is 0 Å². The van der Waals surface area contributed by atoms with Gasteiger partial charge >= 0.3 is 0 Å². The van der Waals surface area contributed by atoms with Crippen LogP contribution in [0.5, 0.6) is 0 Å². The Hall–Kier alpha value is -0.880. The van der Waals surface area contributed by atoms with Crippen molar-refractivity contribution in [2.24, 2.45) is 5.73 Å². The van der Waals surface area contributed by atoms with Gasteiger partial charge in [-0.1, -0.05) is 12.2 Å². The fourth-order valence-electron chi connectivity index (χ4n) is 1.82. The molecule has 0 spiro atoms. The molecule has 0 atom stereocenters. The summed E-state index contributed by atoms with van der Waals surface area (Å²) in [5.74, 6) is 2.02. The van der Waals surface area contributed by atoms with E-state index in [4.69, 9.17) is 18.0 Å². The zero-order chi connectivity index (χ0) is 12.5. The van der Waals surface area contributed by atoms with E-state index in [1.165, 1.54) is 0 Å². The van der Waals surface area contributed by atoms with Crippen molar-refractivity contribution in [3.63, 3.8) is 0 Å². The minimum absolute atomic E-state index is 0.266. The highest BCUT2D eigenvalue weighted by atomic mass is 32.2. The normalized spacial score (nSPS) is 19.1. The lowest BCUT2D eigenvalue weighted by Crippen LogP contribution is -2.43. The van der Waals surface area contributed by atoms with Gasteiger partial charge < -0.3 is 10.6 Å². The van der Waals surface area contributed by atoms with Crippen LogP contribution in [0.25, 0.3) is 0 Å². The maximum absolute atomic E-state index is 5.50. The molecule has 0 unspecified atom stereocenters. The first-order valence-electron chi connectivity index (χ1n) is 5.49. The van der Waals surface area contributed by atoms with Crippen LogP contribution < -0.4 is 10.6 Å². The lowest BCUT2D eigenvalue weighted by Gasteiger charge is -2.38. The second kappa shape index (κ2) is 4.78. The molecule has 0 bridgehead atoms. The molecule has 1 aliphatic heterocycles. The lowest BCUT2D eigenvalue weighted by molar-refractivity contribution is 0.641. The first-order chi connectivity index (χ1) is 7.98. The molecule has 1 aromatic rings. The van der Waals surface area contributed by atoms with Gasteiger partial charge in [-0.15, -0.1) is 0 Å². The first-order valence-corrected chi connectivity index (χ1v) is 6.88. The Kier molecular flexibility index (Phi) is 3.53. The molecule has 6 heteroatoms. The molecule has 1 fully saturated rings. The predicted molar refractivity (Wildman–Crippen MR) is 76.7 cm³/mol. The molecular formula is C11H16N4S2. The van der Waals surface area contributed by atoms with E-state index in [1.807, 2.05) is 11.8 Å². The third kappa shape index (κ3) is 3.07. The van der Waals surface area contributed by atoms with E-state index in [0.717, 1.165) is 24.7 Å². The number of anilines is 1. The fraction of sp³-hybridized carbons (Fsp3) is 0.545. The minimum Gasteiger partial charge on any atom is -0.388 e. The summed E-state index contributed by atoms with van der Waals surface area (Å²) < 4.78 is 0.266. The number of thiocarbonyl (C=S) groups is 1. The van der Waals surface area contributed by atoms with E-state index < -0.39 is 0 Å². The molecule has 0 amide bonds. The quantitative estimate of drug-likeness (QED) is 0.819. The Labute approximate surface area is 111 Å². The average molecular weight is 268 g/mol. The largest absolute Gasteiger partial charge is 0.388 e. The molecular weight excluding hydrogens is 252 g/mol. The van der Waals surface area contributed by atoms with Crippen molar-refractivity contribution in [3.05, 3.63) is 18.1 Å². The summed E-state index contributed by atoms with van der Waals surface area (Å²) >= 11 is 6.85. The fourth-order valence-corrected chi connectivity index (χ4v) is 3.04. The number of aromatic nitrogens is 2. The van der Waals surface area contributed by atoms with Gasteiger partial charge in [-0.3, -0.25) is 0 Å². The minimum atomic E-state index is 0.266. The third-order valence-corrected chi connectivity index (χ3v) is 4.15. The van der Waals surface area contributed by atoms with E-state index >= 15 is 0 Å². The molecule has 0 aliphatic carbocycles. The van der Waals surface area contributed by atoms with Crippen molar-refractivity contribution in [1.82, 2.24) is 9.97 Å². The van der Waals surface area contributed by atoms with Crippen LogP contribution in [-0.2, 0) is 0 Å². The Morgan fingerprint density at radius 2 is 2.24 bits per heavy atom. The van der Waals surface area contributed by atoms with Crippen LogP contribution in [0.15, 0.2) is 12.4 Å². The van der Waals surface area contributed by atoms with E-state index in [0.29, 0.717) is 10.7 Å². The molecule has 1 aliphatic rings. The molecule has 2 N–H and O–H groups in total. The zero-order valence-electron chi connectivity index (χ0n) is 10.0. The van der Waals surface area contributed by atoms with Crippen molar-refractivity contribution in [2.45, 2.75) is 18.6 Å². The third-order valence-electron chi connectivity index (χ3n) is 2.64. The zero-order valence-corrected chi connectivity index (χ0v) is 11.6. The van der Waals surface area contributed by atoms with E-state index in [1.54, 1.807) is 12.4 Å². The van der Waals surface area contributed by atoms with Gasteiger partial charge in [0.15, 0.2) is 0 Å². The molecule has 17 heavy (non-hydrogen) atoms. The molecule has 92 valence electrons. The number of hydrogen-bond donors (Lipinski definition) is 1. The van der Waals surface area contributed by atoms with Gasteiger partial charge in [0, 0.05) is 23.6 Å². The molecule has 1 aromatic heterocycles. The summed E-state index contributed by atoms with van der Waals surface area (Å²) in [6.45, 7) is 6.50. The topological polar surface area (TPSA) is 55.0 Å². The van der Waals surface area contributed by atoms with Crippen LogP contribution >= 0.6 is 24.0 Å². The van der Waals surface area contributed by atoms with Gasteiger partial charge in [0.2, 0.25) is 0 Å². The highest BCUT2D eigenvalue weighted by Gasteiger charge is 2.27. The Morgan fingerprint density at radius 3 is 2.76 bits per heavy atom. The molecule has 0 aromatic carbocycles. The SMILES string of the molecule is CC1(C)CN(c2cnc(C(N)=S)cn2)CCS1. The molecule has 0 saturated carbocycles. The monoisotopic (exact) mass is 268 g/mol. The number of nitrogens with zero attached hydrogens (tertiary/aromatic N) is 3. The number of rotatable bonds is 2. The molecule has 1 saturated heterocycles. The number of nitrogens with two attached hydrogens (primary N) is 1. The number of hydrogen-bond acceptors (Lipinski definition) is 5. The van der Waals surface area contributed by atoms with E-state index in [2.05, 4.69) is 28.7 Å². The van der Waals surface area contributed by atoms with Gasteiger partial charge in [-0.05, 0) is 13.8 Å². The van der Waals surface area contributed by atoms with Crippen molar-refractivity contribution in [2.75, 3.05) is 23.7 Å². The van der Waals surface area contributed by atoms with Gasteiger partial charge in [0.1, 0.15) is 16.5 Å². The van der Waals surface area contributed by atoms with Crippen LogP contribution in [0.1, 0.15) is 19.5 Å². The molecule has 4 nitrogen and oxygen atoms in total. The van der Waals surface area contributed by atoms with Crippen LogP contribution in [-0.4, -0.2) is 38.5 Å². The second-order valence-electron chi connectivity index (χ2n) is 4.65. The second-order valence-corrected chi connectivity index (χ2v) is 6.90. The summed E-state index contributed by atoms with van der Waals surface area (Å²) in [6, 6.07) is 0. The van der Waals surface area contributed by atoms with Gasteiger partial charge in [0.05, 0.1) is 12.4 Å². The smallest absolute Gasteiger partial charge is 0.147 e. The summed E-state index contributed by atoms with van der Waals surface area (Å²) in [4.78, 5) is 11.1. The summed E-state index contributed by atoms with van der Waals surface area (Å²) in [7, 11) is 0. The van der Waals surface area contributed by atoms with Crippen molar-refractivity contribution in [1.29, 1.82) is 0 Å². The van der Waals surface area contributed by atoms with Crippen LogP contribution in [0.3, 0.4) is 0 Å². The summed E-state index contributed by atoms with van der Waals surface area (Å²) in [5, 5.41) is 0. The highest BCUT2D eigenvalue weighted by molar-refractivity contribution is 8.00. The molecule has 2 rings (SSSR count). The molecule has 2 heterocycles. The predicted octanol–water partition coefficient (Wildman–Crippen LogP) is 1.44. The van der Waals surface area contributed by atoms with Crippen molar-refractivity contribution >= 4 is 34.8 Å². The van der Waals surface area contributed by atoms with Gasteiger partial charge in [-0.2, -0.15) is 11.8 Å². The van der Waals surface area contributed by atoms with Crippen molar-refractivity contribution in [3.8, 4) is 0 Å². The summed E-state index contributed by atoms with van der Waals surface area (Å²) in [6.07, 6.45) is 3.40. The molecule has 0 radical (unpaired) electrons. The van der Waals surface area contributed by atoms with Crippen LogP contribution in [0.4, 0.5) is 5.82 Å². The Morgan fingerprint density at radius 1 is 1.47 bits per heavy atom. The first kappa shape index (κ1) is 12.6. The lowest BCUT2D eigenvalue weighted by atomic mass is 10.2. The van der Waals surface area contributed by atoms with E-state index in [9.17, 15) is 0 Å². The number of thioether (sulfide) groups is 1. The van der Waals surface area contributed by atoms with Gasteiger partial charge in [0.25, 0.3) is 0 Å². The van der Waals surface area contributed by atoms with E-state index in [-0.39, 0.29) is 4.75 Å². The highest BCUT2D eigenvalue weighted by Crippen LogP contribution is 2.31. The van der Waals surface area contributed by atoms with Gasteiger partial charge in [-0.25, -0.2) is 9.97 Å². The maximum Gasteiger partial charge on any atom is 0.147 e. The Balaban J connectivity index is 2.14. The average Bonchev–Trinajstić information content (AvgIpc) is 2.28. The van der Waals surface area contributed by atoms with Crippen molar-refractivity contribution < 1.29 is 0 Å². The maximum atomic E-state index is 5.50. The Bertz CT molecular complexity index is 416. The standard InChI is InChI=1S/C11H16N4S2/c1-11(2)7-15(3-4-17-11)9-6-13-8(5-14-9)10(12)16/h5-6H,3-4,7H2,1-2H3,(H2,12,16).